The highest BCUT2D eigenvalue weighted by Gasteiger charge is 2.39. The zero-order valence-electron chi connectivity index (χ0n) is 19.1. The maximum absolute atomic E-state index is 12.6. The molecule has 2 aliphatic rings. The molecule has 0 amide bonds. The van der Waals surface area contributed by atoms with E-state index in [0.29, 0.717) is 24.7 Å². The molecule has 4 nitrogen and oxygen atoms in total. The van der Waals surface area contributed by atoms with Gasteiger partial charge in [0.1, 0.15) is 11.5 Å². The summed E-state index contributed by atoms with van der Waals surface area (Å²) in [6, 6.07) is 15.3. The molecule has 30 heavy (non-hydrogen) atoms. The number of methoxy groups -OCH3 is 1. The van der Waals surface area contributed by atoms with E-state index < -0.39 is 0 Å². The summed E-state index contributed by atoms with van der Waals surface area (Å²) in [6.45, 7) is 12.3. The molecule has 2 aliphatic heterocycles. The average Bonchev–Trinajstić information content (AvgIpc) is 2.77. The molecule has 2 aromatic carbocycles. The Balaban J connectivity index is 0.00000124. The van der Waals surface area contributed by atoms with E-state index in [1.807, 2.05) is 13.8 Å². The molecule has 2 saturated heterocycles. The zero-order chi connectivity index (χ0) is 21.7. The second kappa shape index (κ2) is 10.2. The molecule has 0 bridgehead atoms. The summed E-state index contributed by atoms with van der Waals surface area (Å²) in [5.41, 5.74) is 5.06. The van der Waals surface area contributed by atoms with Crippen LogP contribution in [0.5, 0.6) is 5.75 Å². The fourth-order valence-electron chi connectivity index (χ4n) is 4.88. The van der Waals surface area contributed by atoms with Crippen molar-refractivity contribution in [1.82, 2.24) is 9.80 Å². The number of fused-ring (bicyclic) bond motifs is 1. The van der Waals surface area contributed by atoms with Gasteiger partial charge < -0.3 is 4.74 Å². The average molecular weight is 409 g/mol. The number of ketones is 1. The van der Waals surface area contributed by atoms with Crippen LogP contribution < -0.4 is 4.74 Å². The number of nitrogens with zero attached hydrogens (tertiary/aromatic N) is 2. The number of piperazine rings is 1. The van der Waals surface area contributed by atoms with Crippen LogP contribution in [0.4, 0.5) is 0 Å². The lowest BCUT2D eigenvalue weighted by Crippen LogP contribution is -2.57. The quantitative estimate of drug-likeness (QED) is 0.718. The molecule has 4 rings (SSSR count). The van der Waals surface area contributed by atoms with E-state index >= 15 is 0 Å². The summed E-state index contributed by atoms with van der Waals surface area (Å²) in [7, 11) is 1.72. The van der Waals surface area contributed by atoms with Crippen molar-refractivity contribution in [2.75, 3.05) is 26.7 Å². The molecule has 0 radical (unpaired) electrons. The van der Waals surface area contributed by atoms with Crippen LogP contribution in [0.15, 0.2) is 42.5 Å². The summed E-state index contributed by atoms with van der Waals surface area (Å²) in [5, 5.41) is 0. The molecular formula is C26H36N2O2. The van der Waals surface area contributed by atoms with Gasteiger partial charge in [-0.15, -0.1) is 0 Å². The van der Waals surface area contributed by atoms with Gasteiger partial charge in [0.05, 0.1) is 7.11 Å². The van der Waals surface area contributed by atoms with E-state index in [0.717, 1.165) is 31.9 Å². The van der Waals surface area contributed by atoms with Gasteiger partial charge >= 0.3 is 0 Å². The molecule has 162 valence electrons. The third kappa shape index (κ3) is 4.76. The van der Waals surface area contributed by atoms with Gasteiger partial charge in [0.2, 0.25) is 0 Å². The van der Waals surface area contributed by atoms with Crippen molar-refractivity contribution in [2.45, 2.75) is 59.2 Å². The Labute approximate surface area is 181 Å². The molecule has 2 aromatic rings. The predicted octanol–water partition coefficient (Wildman–Crippen LogP) is 4.93. The van der Waals surface area contributed by atoms with Crippen LogP contribution in [-0.4, -0.2) is 48.4 Å². The van der Waals surface area contributed by atoms with Crippen LogP contribution in [0.25, 0.3) is 0 Å². The molecule has 0 spiro atoms. The molecule has 2 heterocycles. The second-order valence-corrected chi connectivity index (χ2v) is 8.18. The number of rotatable bonds is 4. The number of hydrogen-bond acceptors (Lipinski definition) is 4. The van der Waals surface area contributed by atoms with Crippen LogP contribution in [0, 0.1) is 13.8 Å². The predicted molar refractivity (Wildman–Crippen MR) is 123 cm³/mol. The standard InChI is InChI=1S/C24H30N2O2.C2H6/c1-17-18(2)24(28-3)10-9-22(17)23-14-21(27)13-20-16-25(11-12-26(20)23)15-19-7-5-4-6-8-19;1-2/h4-10,20,23H,11-16H2,1-3H3;1-2H3. The minimum absolute atomic E-state index is 0.190. The summed E-state index contributed by atoms with van der Waals surface area (Å²) in [5.74, 6) is 1.31. The van der Waals surface area contributed by atoms with E-state index in [2.05, 4.69) is 66.1 Å². The Morgan fingerprint density at radius 3 is 2.40 bits per heavy atom. The first-order valence-electron chi connectivity index (χ1n) is 11.2. The Morgan fingerprint density at radius 1 is 0.967 bits per heavy atom. The van der Waals surface area contributed by atoms with Crippen LogP contribution in [0.1, 0.15) is 55.0 Å². The molecule has 2 fully saturated rings. The van der Waals surface area contributed by atoms with Crippen molar-refractivity contribution in [2.24, 2.45) is 0 Å². The van der Waals surface area contributed by atoms with E-state index in [1.54, 1.807) is 7.11 Å². The Kier molecular flexibility index (Phi) is 7.68. The largest absolute Gasteiger partial charge is 0.496 e. The first-order valence-corrected chi connectivity index (χ1v) is 11.2. The molecule has 2 unspecified atom stereocenters. The van der Waals surface area contributed by atoms with Gasteiger partial charge in [0, 0.05) is 51.1 Å². The van der Waals surface area contributed by atoms with Gasteiger partial charge in [-0.3, -0.25) is 14.6 Å². The number of carbonyl (C=O) groups is 1. The van der Waals surface area contributed by atoms with Gasteiger partial charge in [0.25, 0.3) is 0 Å². The first kappa shape index (κ1) is 22.5. The Hall–Kier alpha value is -2.17. The molecule has 4 heteroatoms. The lowest BCUT2D eigenvalue weighted by atomic mass is 9.85. The van der Waals surface area contributed by atoms with Crippen molar-refractivity contribution in [3.63, 3.8) is 0 Å². The van der Waals surface area contributed by atoms with Crippen molar-refractivity contribution < 1.29 is 9.53 Å². The van der Waals surface area contributed by atoms with Gasteiger partial charge in [0.15, 0.2) is 0 Å². The summed E-state index contributed by atoms with van der Waals surface area (Å²) in [4.78, 5) is 17.7. The number of ether oxygens (including phenoxy) is 1. The van der Waals surface area contributed by atoms with Crippen molar-refractivity contribution in [3.05, 3.63) is 64.7 Å². The van der Waals surface area contributed by atoms with Crippen molar-refractivity contribution >= 4 is 5.78 Å². The first-order chi connectivity index (χ1) is 14.6. The van der Waals surface area contributed by atoms with E-state index in [-0.39, 0.29) is 6.04 Å². The minimum Gasteiger partial charge on any atom is -0.496 e. The lowest BCUT2D eigenvalue weighted by molar-refractivity contribution is -0.127. The highest BCUT2D eigenvalue weighted by molar-refractivity contribution is 5.81. The number of carbonyl (C=O) groups excluding carboxylic acids is 1. The summed E-state index contributed by atoms with van der Waals surface area (Å²) >= 11 is 0. The molecule has 0 aliphatic carbocycles. The lowest BCUT2D eigenvalue weighted by Gasteiger charge is -2.48. The highest BCUT2D eigenvalue weighted by Crippen LogP contribution is 2.38. The third-order valence-electron chi connectivity index (χ3n) is 6.50. The number of hydrogen-bond donors (Lipinski definition) is 0. The third-order valence-corrected chi connectivity index (χ3v) is 6.50. The van der Waals surface area contributed by atoms with Crippen LogP contribution in [0.3, 0.4) is 0 Å². The minimum atomic E-state index is 0.190. The van der Waals surface area contributed by atoms with Crippen LogP contribution in [0.2, 0.25) is 0 Å². The van der Waals surface area contributed by atoms with Gasteiger partial charge in [-0.05, 0) is 42.2 Å². The Morgan fingerprint density at radius 2 is 1.70 bits per heavy atom. The molecule has 0 saturated carbocycles. The van der Waals surface area contributed by atoms with E-state index in [1.165, 1.54) is 22.3 Å². The number of benzene rings is 2. The zero-order valence-corrected chi connectivity index (χ0v) is 19.1. The van der Waals surface area contributed by atoms with E-state index in [4.69, 9.17) is 4.74 Å². The second-order valence-electron chi connectivity index (χ2n) is 8.18. The number of Topliss-reactive ketones (excluding diaryl/α,β-unsaturated/α-hetero) is 1. The normalized spacial score (nSPS) is 22.1. The maximum Gasteiger partial charge on any atom is 0.136 e. The maximum atomic E-state index is 12.6. The van der Waals surface area contributed by atoms with E-state index in [9.17, 15) is 4.79 Å². The fraction of sp³-hybridized carbons (Fsp3) is 0.500. The van der Waals surface area contributed by atoms with Crippen LogP contribution >= 0.6 is 0 Å². The van der Waals surface area contributed by atoms with Crippen molar-refractivity contribution in [3.8, 4) is 5.75 Å². The SMILES string of the molecule is CC.COc1ccc(C2CC(=O)CC3CN(Cc4ccccc4)CCN32)c(C)c1C. The summed E-state index contributed by atoms with van der Waals surface area (Å²) in [6.07, 6.45) is 1.30. The molecular weight excluding hydrogens is 372 g/mol. The van der Waals surface area contributed by atoms with Gasteiger partial charge in [-0.2, -0.15) is 0 Å². The summed E-state index contributed by atoms with van der Waals surface area (Å²) < 4.78 is 5.48. The van der Waals surface area contributed by atoms with Crippen LogP contribution in [-0.2, 0) is 11.3 Å². The number of piperidine rings is 1. The molecule has 0 N–H and O–H groups in total. The molecule has 2 atom stereocenters. The fourth-order valence-corrected chi connectivity index (χ4v) is 4.88. The molecule has 0 aromatic heterocycles. The monoisotopic (exact) mass is 408 g/mol. The van der Waals surface area contributed by atoms with Gasteiger partial charge in [-0.25, -0.2) is 0 Å². The van der Waals surface area contributed by atoms with Gasteiger partial charge in [-0.1, -0.05) is 50.2 Å². The van der Waals surface area contributed by atoms with Crippen molar-refractivity contribution in [1.29, 1.82) is 0 Å². The smallest absolute Gasteiger partial charge is 0.136 e. The Bertz CT molecular complexity index is 850. The highest BCUT2D eigenvalue weighted by atomic mass is 16.5. The topological polar surface area (TPSA) is 32.8 Å².